The molecule has 0 saturated carbocycles. The number of piperazine rings is 1. The quantitative estimate of drug-likeness (QED) is 0.695. The highest BCUT2D eigenvalue weighted by Gasteiger charge is 2.24. The molecule has 1 aliphatic rings. The number of carbonyl (C=O) groups excluding carboxylic acids is 2. The van der Waals surface area contributed by atoms with E-state index in [0.29, 0.717) is 31.9 Å². The van der Waals surface area contributed by atoms with Gasteiger partial charge in [0.1, 0.15) is 16.4 Å². The van der Waals surface area contributed by atoms with Gasteiger partial charge in [0.15, 0.2) is 0 Å². The molecular formula is C17H25N3O6S. The third-order valence-electron chi connectivity index (χ3n) is 4.37. The Morgan fingerprint density at radius 1 is 1.07 bits per heavy atom. The van der Waals surface area contributed by atoms with Gasteiger partial charge < -0.3 is 19.3 Å². The molecule has 0 aromatic heterocycles. The molecule has 0 bridgehead atoms. The first-order chi connectivity index (χ1) is 12.8. The first kappa shape index (κ1) is 21.0. The van der Waals surface area contributed by atoms with Crippen LogP contribution in [0.1, 0.15) is 13.3 Å². The van der Waals surface area contributed by atoms with Crippen molar-refractivity contribution < 1.29 is 27.5 Å². The summed E-state index contributed by atoms with van der Waals surface area (Å²) in [5.74, 6) is 0.477. The zero-order chi connectivity index (χ0) is 20.0. The molecule has 2 rings (SSSR count). The highest BCUT2D eigenvalue weighted by atomic mass is 32.2. The van der Waals surface area contributed by atoms with E-state index in [4.69, 9.17) is 9.47 Å². The summed E-state index contributed by atoms with van der Waals surface area (Å²) in [6.45, 7) is 3.38. The van der Waals surface area contributed by atoms with Gasteiger partial charge >= 0.3 is 0 Å². The second-order valence-corrected chi connectivity index (χ2v) is 7.79. The fourth-order valence-corrected chi connectivity index (χ4v) is 3.98. The van der Waals surface area contributed by atoms with Crippen LogP contribution in [0.25, 0.3) is 0 Å². The summed E-state index contributed by atoms with van der Waals surface area (Å²) in [6.07, 6.45) is 0.0395. The molecule has 1 aromatic carbocycles. The van der Waals surface area contributed by atoms with Crippen LogP contribution in [0.2, 0.25) is 0 Å². The number of nitrogens with one attached hydrogen (secondary N) is 1. The van der Waals surface area contributed by atoms with Gasteiger partial charge in [-0.05, 0) is 12.1 Å². The summed E-state index contributed by atoms with van der Waals surface area (Å²) < 4.78 is 37.6. The molecule has 0 atom stereocenters. The molecule has 0 unspecified atom stereocenters. The predicted octanol–water partition coefficient (Wildman–Crippen LogP) is 0.0629. The van der Waals surface area contributed by atoms with Crippen LogP contribution in [0.4, 0.5) is 0 Å². The largest absolute Gasteiger partial charge is 0.497 e. The van der Waals surface area contributed by atoms with Gasteiger partial charge in [-0.2, -0.15) is 0 Å². The fraction of sp³-hybridized carbons (Fsp3) is 0.529. The van der Waals surface area contributed by atoms with Crippen LogP contribution < -0.4 is 14.2 Å². The van der Waals surface area contributed by atoms with Gasteiger partial charge in [0.25, 0.3) is 0 Å². The first-order valence-corrected chi connectivity index (χ1v) is 10.0. The summed E-state index contributed by atoms with van der Waals surface area (Å²) in [5.41, 5.74) is 0. The Morgan fingerprint density at radius 2 is 1.70 bits per heavy atom. The monoisotopic (exact) mass is 399 g/mol. The lowest BCUT2D eigenvalue weighted by atomic mass is 10.3. The minimum Gasteiger partial charge on any atom is -0.497 e. The molecule has 1 saturated heterocycles. The van der Waals surface area contributed by atoms with E-state index in [0.717, 1.165) is 0 Å². The lowest BCUT2D eigenvalue weighted by Gasteiger charge is -2.34. The van der Waals surface area contributed by atoms with Crippen molar-refractivity contribution in [3.63, 3.8) is 0 Å². The SMILES string of the molecule is COc1ccc(S(=O)(=O)NCCC(=O)N2CCN(C(C)=O)CC2)c(OC)c1. The van der Waals surface area contributed by atoms with Gasteiger partial charge in [-0.3, -0.25) is 9.59 Å². The number of hydrogen-bond acceptors (Lipinski definition) is 6. The number of sulfonamides is 1. The Morgan fingerprint density at radius 3 is 2.26 bits per heavy atom. The molecule has 1 aliphatic heterocycles. The molecule has 1 fully saturated rings. The zero-order valence-corrected chi connectivity index (χ0v) is 16.5. The van der Waals surface area contributed by atoms with Crippen LogP contribution in [0.3, 0.4) is 0 Å². The summed E-state index contributed by atoms with van der Waals surface area (Å²) in [7, 11) is -0.980. The van der Waals surface area contributed by atoms with Crippen molar-refractivity contribution in [1.29, 1.82) is 0 Å². The first-order valence-electron chi connectivity index (χ1n) is 8.53. The van der Waals surface area contributed by atoms with Crippen LogP contribution in [0, 0.1) is 0 Å². The van der Waals surface area contributed by atoms with E-state index >= 15 is 0 Å². The van der Waals surface area contributed by atoms with Crippen molar-refractivity contribution >= 4 is 21.8 Å². The number of benzene rings is 1. The van der Waals surface area contributed by atoms with E-state index in [1.165, 1.54) is 39.3 Å². The number of rotatable bonds is 7. The highest BCUT2D eigenvalue weighted by Crippen LogP contribution is 2.28. The Kier molecular flexibility index (Phi) is 7.03. The molecule has 0 aliphatic carbocycles. The van der Waals surface area contributed by atoms with Crippen LogP contribution in [0.15, 0.2) is 23.1 Å². The third-order valence-corrected chi connectivity index (χ3v) is 5.87. The molecule has 150 valence electrons. The molecule has 0 radical (unpaired) electrons. The molecule has 2 amide bonds. The number of ether oxygens (including phenoxy) is 2. The smallest absolute Gasteiger partial charge is 0.244 e. The molecule has 27 heavy (non-hydrogen) atoms. The average Bonchev–Trinajstić information content (AvgIpc) is 2.67. The van der Waals surface area contributed by atoms with Crippen molar-refractivity contribution in [3.8, 4) is 11.5 Å². The second kappa shape index (κ2) is 9.05. The topological polar surface area (TPSA) is 105 Å². The van der Waals surface area contributed by atoms with Gasteiger partial charge in [-0.25, -0.2) is 13.1 Å². The Labute approximate surface area is 159 Å². The highest BCUT2D eigenvalue weighted by molar-refractivity contribution is 7.89. The van der Waals surface area contributed by atoms with Gasteiger partial charge in [0.2, 0.25) is 21.8 Å². The predicted molar refractivity (Wildman–Crippen MR) is 98.2 cm³/mol. The van der Waals surface area contributed by atoms with Gasteiger partial charge in [0.05, 0.1) is 14.2 Å². The number of amides is 2. The normalized spacial score (nSPS) is 14.8. The number of hydrogen-bond donors (Lipinski definition) is 1. The van der Waals surface area contributed by atoms with Gasteiger partial charge in [-0.15, -0.1) is 0 Å². The second-order valence-electron chi connectivity index (χ2n) is 6.05. The van der Waals surface area contributed by atoms with Crippen LogP contribution in [-0.4, -0.2) is 77.0 Å². The molecular weight excluding hydrogens is 374 g/mol. The Balaban J connectivity index is 1.91. The molecule has 1 aromatic rings. The maximum absolute atomic E-state index is 12.5. The standard InChI is InChI=1S/C17H25N3O6S/c1-13(21)19-8-10-20(11-9-19)17(22)6-7-18-27(23,24)16-5-4-14(25-2)12-15(16)26-3/h4-5,12,18H,6-11H2,1-3H3. The van der Waals surface area contributed by atoms with Gasteiger partial charge in [-0.1, -0.05) is 0 Å². The summed E-state index contributed by atoms with van der Waals surface area (Å²) in [6, 6.07) is 4.40. The van der Waals surface area contributed by atoms with Crippen molar-refractivity contribution in [2.45, 2.75) is 18.2 Å². The molecule has 1 heterocycles. The molecule has 10 heteroatoms. The van der Waals surface area contributed by atoms with E-state index in [1.54, 1.807) is 9.80 Å². The maximum Gasteiger partial charge on any atom is 0.244 e. The number of nitrogens with zero attached hydrogens (tertiary/aromatic N) is 2. The minimum atomic E-state index is -3.83. The van der Waals surface area contributed by atoms with Gasteiger partial charge in [0, 0.05) is 52.1 Å². The Hall–Kier alpha value is -2.33. The summed E-state index contributed by atoms with van der Waals surface area (Å²) in [4.78, 5) is 26.9. The Bertz CT molecular complexity index is 788. The fourth-order valence-electron chi connectivity index (χ4n) is 2.80. The third kappa shape index (κ3) is 5.33. The number of carbonyl (C=O) groups is 2. The van der Waals surface area contributed by atoms with Crippen LogP contribution in [-0.2, 0) is 19.6 Å². The molecule has 0 spiro atoms. The number of methoxy groups -OCH3 is 2. The van der Waals surface area contributed by atoms with E-state index in [-0.39, 0.29) is 35.4 Å². The molecule has 9 nitrogen and oxygen atoms in total. The zero-order valence-electron chi connectivity index (χ0n) is 15.7. The maximum atomic E-state index is 12.5. The van der Waals surface area contributed by atoms with E-state index < -0.39 is 10.0 Å². The minimum absolute atomic E-state index is 0.0108. The van der Waals surface area contributed by atoms with E-state index in [1.807, 2.05) is 0 Å². The molecule has 1 N–H and O–H groups in total. The lowest BCUT2D eigenvalue weighted by Crippen LogP contribution is -2.50. The van der Waals surface area contributed by atoms with Crippen molar-refractivity contribution in [2.24, 2.45) is 0 Å². The summed E-state index contributed by atoms with van der Waals surface area (Å²) >= 11 is 0. The van der Waals surface area contributed by atoms with Crippen LogP contribution >= 0.6 is 0 Å². The van der Waals surface area contributed by atoms with Crippen molar-refractivity contribution in [1.82, 2.24) is 14.5 Å². The average molecular weight is 399 g/mol. The van der Waals surface area contributed by atoms with Crippen molar-refractivity contribution in [3.05, 3.63) is 18.2 Å². The van der Waals surface area contributed by atoms with E-state index in [2.05, 4.69) is 4.72 Å². The van der Waals surface area contributed by atoms with E-state index in [9.17, 15) is 18.0 Å². The lowest BCUT2D eigenvalue weighted by molar-refractivity contribution is -0.138. The van der Waals surface area contributed by atoms with Crippen molar-refractivity contribution in [2.75, 3.05) is 46.9 Å². The summed E-state index contributed by atoms with van der Waals surface area (Å²) in [5, 5.41) is 0. The van der Waals surface area contributed by atoms with Crippen LogP contribution in [0.5, 0.6) is 11.5 Å².